The van der Waals surface area contributed by atoms with Crippen LogP contribution in [-0.2, 0) is 17.8 Å². The lowest BCUT2D eigenvalue weighted by molar-refractivity contribution is -0.116. The third kappa shape index (κ3) is 4.07. The van der Waals surface area contributed by atoms with Gasteiger partial charge in [0, 0.05) is 40.8 Å². The molecule has 0 atom stereocenters. The van der Waals surface area contributed by atoms with Gasteiger partial charge in [-0.3, -0.25) is 4.79 Å². The molecule has 0 aliphatic carbocycles. The molecular formula is C28H28N2OS. The molecule has 3 aromatic carbocycles. The minimum atomic E-state index is 0.188. The molecule has 4 aromatic rings. The SMILES string of the molecule is Cc1ccc(C)c(Cn2cc(SCC(=O)N3CCCc4ccccc43)c3ccccc32)c1. The van der Waals surface area contributed by atoms with Crippen LogP contribution in [0.5, 0.6) is 0 Å². The van der Waals surface area contributed by atoms with Crippen LogP contribution in [0.15, 0.2) is 77.8 Å². The summed E-state index contributed by atoms with van der Waals surface area (Å²) in [7, 11) is 0. The maximum Gasteiger partial charge on any atom is 0.237 e. The Morgan fingerprint density at radius 3 is 2.72 bits per heavy atom. The van der Waals surface area contributed by atoms with Crippen LogP contribution in [0.25, 0.3) is 10.9 Å². The highest BCUT2D eigenvalue weighted by atomic mass is 32.2. The van der Waals surface area contributed by atoms with E-state index in [-0.39, 0.29) is 5.91 Å². The molecule has 3 nitrogen and oxygen atoms in total. The van der Waals surface area contributed by atoms with Crippen LogP contribution in [0.1, 0.15) is 28.7 Å². The quantitative estimate of drug-likeness (QED) is 0.337. The number of carbonyl (C=O) groups excluding carboxylic acids is 1. The Hall–Kier alpha value is -2.98. The molecule has 0 saturated carbocycles. The first-order chi connectivity index (χ1) is 15.6. The molecule has 0 unspecified atom stereocenters. The van der Waals surface area contributed by atoms with Gasteiger partial charge in [-0.2, -0.15) is 0 Å². The average molecular weight is 441 g/mol. The van der Waals surface area contributed by atoms with E-state index in [0.29, 0.717) is 5.75 Å². The summed E-state index contributed by atoms with van der Waals surface area (Å²) in [5, 5.41) is 1.22. The van der Waals surface area contributed by atoms with Crippen molar-refractivity contribution in [1.82, 2.24) is 4.57 Å². The number of amides is 1. The predicted octanol–water partition coefficient (Wildman–Crippen LogP) is 6.38. The van der Waals surface area contributed by atoms with E-state index in [2.05, 4.69) is 85.3 Å². The number of nitrogens with zero attached hydrogens (tertiary/aromatic N) is 2. The van der Waals surface area contributed by atoms with Crippen LogP contribution >= 0.6 is 11.8 Å². The fourth-order valence-electron chi connectivity index (χ4n) is 4.62. The van der Waals surface area contributed by atoms with Crippen LogP contribution in [-0.4, -0.2) is 22.8 Å². The van der Waals surface area contributed by atoms with E-state index >= 15 is 0 Å². The summed E-state index contributed by atoms with van der Waals surface area (Å²) in [6, 6.07) is 23.4. The monoisotopic (exact) mass is 440 g/mol. The summed E-state index contributed by atoms with van der Waals surface area (Å²) in [5.74, 6) is 0.639. The van der Waals surface area contributed by atoms with Crippen molar-refractivity contribution in [1.29, 1.82) is 0 Å². The summed E-state index contributed by atoms with van der Waals surface area (Å²) in [4.78, 5) is 16.3. The number of anilines is 1. The van der Waals surface area contributed by atoms with Crippen molar-refractivity contribution in [3.05, 3.63) is 95.2 Å². The van der Waals surface area contributed by atoms with Gasteiger partial charge in [-0.25, -0.2) is 0 Å². The second kappa shape index (κ2) is 8.87. The Labute approximate surface area is 194 Å². The van der Waals surface area contributed by atoms with Gasteiger partial charge in [0.05, 0.1) is 5.75 Å². The van der Waals surface area contributed by atoms with Gasteiger partial charge in [-0.1, -0.05) is 60.2 Å². The molecule has 4 heteroatoms. The minimum Gasteiger partial charge on any atom is -0.342 e. The van der Waals surface area contributed by atoms with E-state index in [1.165, 1.54) is 38.1 Å². The molecule has 32 heavy (non-hydrogen) atoms. The zero-order valence-electron chi connectivity index (χ0n) is 18.7. The van der Waals surface area contributed by atoms with Gasteiger partial charge in [0.25, 0.3) is 0 Å². The number of hydrogen-bond acceptors (Lipinski definition) is 2. The van der Waals surface area contributed by atoms with Crippen LogP contribution in [0, 0.1) is 13.8 Å². The normalized spacial score (nSPS) is 13.4. The molecule has 0 saturated heterocycles. The Bertz CT molecular complexity index is 1290. The number of thioether (sulfide) groups is 1. The lowest BCUT2D eigenvalue weighted by Gasteiger charge is -2.29. The maximum absolute atomic E-state index is 13.1. The lowest BCUT2D eigenvalue weighted by Crippen LogP contribution is -2.36. The number of fused-ring (bicyclic) bond motifs is 2. The van der Waals surface area contributed by atoms with Gasteiger partial charge in [-0.15, -0.1) is 11.8 Å². The van der Waals surface area contributed by atoms with Crippen molar-refractivity contribution >= 4 is 34.3 Å². The second-order valence-electron chi connectivity index (χ2n) is 8.63. The lowest BCUT2D eigenvalue weighted by atomic mass is 10.0. The molecule has 1 aliphatic rings. The average Bonchev–Trinajstić information content (AvgIpc) is 3.17. The van der Waals surface area contributed by atoms with E-state index in [1.54, 1.807) is 11.8 Å². The third-order valence-electron chi connectivity index (χ3n) is 6.36. The number of carbonyl (C=O) groups is 1. The number of aryl methyl sites for hydroxylation is 3. The molecule has 0 bridgehead atoms. The first-order valence-corrected chi connectivity index (χ1v) is 12.2. The van der Waals surface area contributed by atoms with Crippen molar-refractivity contribution in [2.75, 3.05) is 17.2 Å². The third-order valence-corrected chi connectivity index (χ3v) is 7.39. The molecule has 0 radical (unpaired) electrons. The van der Waals surface area contributed by atoms with Crippen molar-refractivity contribution < 1.29 is 4.79 Å². The summed E-state index contributed by atoms with van der Waals surface area (Å²) in [5.41, 5.74) is 7.50. The van der Waals surface area contributed by atoms with Crippen LogP contribution in [0.3, 0.4) is 0 Å². The van der Waals surface area contributed by atoms with Crippen molar-refractivity contribution in [2.24, 2.45) is 0 Å². The predicted molar refractivity (Wildman–Crippen MR) is 135 cm³/mol. The molecule has 2 heterocycles. The van der Waals surface area contributed by atoms with E-state index in [4.69, 9.17) is 0 Å². The number of aromatic nitrogens is 1. The minimum absolute atomic E-state index is 0.188. The Morgan fingerprint density at radius 2 is 1.81 bits per heavy atom. The fraction of sp³-hybridized carbons (Fsp3) is 0.250. The van der Waals surface area contributed by atoms with Crippen molar-refractivity contribution in [3.8, 4) is 0 Å². The first-order valence-electron chi connectivity index (χ1n) is 11.3. The van der Waals surface area contributed by atoms with Gasteiger partial charge in [-0.05, 0) is 55.5 Å². The highest BCUT2D eigenvalue weighted by Crippen LogP contribution is 2.33. The Kier molecular flexibility index (Phi) is 5.79. The van der Waals surface area contributed by atoms with Gasteiger partial charge in [0.2, 0.25) is 5.91 Å². The number of benzene rings is 3. The Morgan fingerprint density at radius 1 is 1.00 bits per heavy atom. The first kappa shape index (κ1) is 20.9. The van der Waals surface area contributed by atoms with Gasteiger partial charge in [0.1, 0.15) is 0 Å². The van der Waals surface area contributed by atoms with Gasteiger partial charge < -0.3 is 9.47 Å². The largest absolute Gasteiger partial charge is 0.342 e. The zero-order valence-corrected chi connectivity index (χ0v) is 19.5. The molecule has 162 valence electrons. The zero-order chi connectivity index (χ0) is 22.1. The number of hydrogen-bond donors (Lipinski definition) is 0. The maximum atomic E-state index is 13.1. The number of para-hydroxylation sites is 2. The second-order valence-corrected chi connectivity index (χ2v) is 9.65. The topological polar surface area (TPSA) is 25.2 Å². The van der Waals surface area contributed by atoms with Crippen molar-refractivity contribution in [3.63, 3.8) is 0 Å². The molecule has 1 amide bonds. The van der Waals surface area contributed by atoms with E-state index in [1.807, 2.05) is 11.0 Å². The molecule has 0 spiro atoms. The summed E-state index contributed by atoms with van der Waals surface area (Å²) in [6.07, 6.45) is 4.30. The van der Waals surface area contributed by atoms with Gasteiger partial charge >= 0.3 is 0 Å². The molecule has 0 N–H and O–H groups in total. The summed E-state index contributed by atoms with van der Waals surface area (Å²) in [6.45, 7) is 5.96. The molecule has 1 aromatic heterocycles. The summed E-state index contributed by atoms with van der Waals surface area (Å²) >= 11 is 1.65. The molecular weight excluding hydrogens is 412 g/mol. The standard InChI is InChI=1S/C28H28N2OS/c1-20-13-14-21(2)23(16-20)17-29-18-27(24-10-4-6-12-26(24)29)32-19-28(31)30-15-7-9-22-8-3-5-11-25(22)30/h3-6,8,10-14,16,18H,7,9,15,17,19H2,1-2H3. The summed E-state index contributed by atoms with van der Waals surface area (Å²) < 4.78 is 2.32. The molecule has 1 aliphatic heterocycles. The highest BCUT2D eigenvalue weighted by molar-refractivity contribution is 8.00. The van der Waals surface area contributed by atoms with E-state index in [9.17, 15) is 4.79 Å². The van der Waals surface area contributed by atoms with Gasteiger partial charge in [0.15, 0.2) is 0 Å². The molecule has 5 rings (SSSR count). The number of rotatable bonds is 5. The van der Waals surface area contributed by atoms with E-state index in [0.717, 1.165) is 31.6 Å². The van der Waals surface area contributed by atoms with Crippen LogP contribution in [0.4, 0.5) is 5.69 Å². The fourth-order valence-corrected chi connectivity index (χ4v) is 5.59. The highest BCUT2D eigenvalue weighted by Gasteiger charge is 2.22. The Balaban J connectivity index is 1.39. The smallest absolute Gasteiger partial charge is 0.237 e. The van der Waals surface area contributed by atoms with E-state index < -0.39 is 0 Å². The van der Waals surface area contributed by atoms with Crippen LogP contribution in [0.2, 0.25) is 0 Å². The van der Waals surface area contributed by atoms with Crippen molar-refractivity contribution in [2.45, 2.75) is 38.1 Å². The molecule has 0 fully saturated rings. The van der Waals surface area contributed by atoms with Crippen LogP contribution < -0.4 is 4.90 Å².